The highest BCUT2D eigenvalue weighted by Crippen LogP contribution is 2.41. The number of hydrogen-bond donors (Lipinski definition) is 1. The summed E-state index contributed by atoms with van der Waals surface area (Å²) in [4.78, 5) is 37.5. The Balaban J connectivity index is 1.30. The van der Waals surface area contributed by atoms with Crippen LogP contribution in [0, 0.1) is 12.8 Å². The van der Waals surface area contributed by atoms with E-state index < -0.39 is 17.3 Å². The number of aromatic nitrogens is 1. The molecule has 0 aliphatic carbocycles. The number of likely N-dealkylation sites (tertiary alicyclic amines) is 1. The van der Waals surface area contributed by atoms with Crippen molar-refractivity contribution in [1.29, 1.82) is 0 Å². The number of aryl methyl sites for hydroxylation is 1. The molecule has 1 N–H and O–H groups in total. The van der Waals surface area contributed by atoms with Crippen LogP contribution in [0.2, 0.25) is 0 Å². The first-order valence-corrected chi connectivity index (χ1v) is 13.9. The second-order valence-electron chi connectivity index (χ2n) is 11.6. The van der Waals surface area contributed by atoms with E-state index in [0.29, 0.717) is 26.1 Å². The van der Waals surface area contributed by atoms with Crippen LogP contribution in [0.3, 0.4) is 0 Å². The molecule has 1 fully saturated rings. The number of rotatable bonds is 6. The normalized spacial score (nSPS) is 20.5. The largest absolute Gasteiger partial charge is 0.489 e. The number of esters is 1. The minimum atomic E-state index is -0.766. The molecule has 1 amide bonds. The third-order valence-corrected chi connectivity index (χ3v) is 7.43. The van der Waals surface area contributed by atoms with Gasteiger partial charge in [-0.2, -0.15) is 0 Å². The van der Waals surface area contributed by atoms with Crippen LogP contribution in [0.15, 0.2) is 60.7 Å². The number of carbonyl (C=O) groups is 2. The van der Waals surface area contributed by atoms with Gasteiger partial charge in [0, 0.05) is 42.1 Å². The maximum atomic E-state index is 12.8. The maximum absolute atomic E-state index is 12.8. The van der Waals surface area contributed by atoms with Gasteiger partial charge in [0.2, 0.25) is 0 Å². The minimum Gasteiger partial charge on any atom is -0.489 e. The Hall–Kier alpha value is -4.11. The van der Waals surface area contributed by atoms with E-state index in [2.05, 4.69) is 22.6 Å². The fraction of sp³-hybridized carbons (Fsp3) is 0.406. The molecular weight excluding hydrogens is 522 g/mol. The number of pyridine rings is 1. The molecule has 2 unspecified atom stereocenters. The van der Waals surface area contributed by atoms with Crippen molar-refractivity contribution < 1.29 is 28.6 Å². The monoisotopic (exact) mass is 559 g/mol. The molecule has 5 rings (SSSR count). The van der Waals surface area contributed by atoms with E-state index in [0.717, 1.165) is 39.2 Å². The molecule has 1 spiro atoms. The van der Waals surface area contributed by atoms with Gasteiger partial charge in [0.05, 0.1) is 24.7 Å². The third-order valence-electron chi connectivity index (χ3n) is 7.43. The van der Waals surface area contributed by atoms with Crippen LogP contribution in [-0.4, -0.2) is 53.3 Å². The molecule has 0 radical (unpaired) electrons. The van der Waals surface area contributed by atoms with Gasteiger partial charge in [-0.3, -0.25) is 20.1 Å². The summed E-state index contributed by atoms with van der Waals surface area (Å²) in [6.45, 7) is 8.66. The molecule has 216 valence electrons. The van der Waals surface area contributed by atoms with Crippen molar-refractivity contribution >= 4 is 28.7 Å². The van der Waals surface area contributed by atoms with E-state index in [1.165, 1.54) is 7.11 Å². The number of nitrogens with one attached hydrogen (secondary N) is 1. The van der Waals surface area contributed by atoms with E-state index in [-0.39, 0.29) is 18.3 Å². The highest BCUT2D eigenvalue weighted by molar-refractivity contribution is 5.82. The molecule has 3 aromatic rings. The standard InChI is InChI=1S/C32H37N3O6/c1-21-16-23(26-8-6-7-9-27(26)33-21)20-39-25-12-10-22(11-13-25)28-18-32(41-34-28)14-15-35(30(37)40-31(2,3)4)19-24(32)17-29(36)38-5/h6-13,16,18,24,34H,14-15,17,19-20H2,1-5H3. The zero-order chi connectivity index (χ0) is 29.2. The van der Waals surface area contributed by atoms with Crippen molar-refractivity contribution in [3.05, 3.63) is 77.5 Å². The second kappa shape index (κ2) is 11.4. The molecule has 41 heavy (non-hydrogen) atoms. The Bertz CT molecular complexity index is 1460. The van der Waals surface area contributed by atoms with Gasteiger partial charge in [0.15, 0.2) is 0 Å². The summed E-state index contributed by atoms with van der Waals surface area (Å²) in [6, 6.07) is 17.9. The van der Waals surface area contributed by atoms with Crippen LogP contribution in [-0.2, 0) is 25.7 Å². The molecule has 1 saturated heterocycles. The lowest BCUT2D eigenvalue weighted by molar-refractivity contribution is -0.150. The number of methoxy groups -OCH3 is 1. The van der Waals surface area contributed by atoms with Crippen LogP contribution < -0.4 is 10.2 Å². The van der Waals surface area contributed by atoms with Gasteiger partial charge in [0.1, 0.15) is 23.6 Å². The van der Waals surface area contributed by atoms with Crippen LogP contribution in [0.5, 0.6) is 5.75 Å². The molecule has 2 aliphatic heterocycles. The Labute approximate surface area is 240 Å². The summed E-state index contributed by atoms with van der Waals surface area (Å²) in [5, 5.41) is 1.08. The van der Waals surface area contributed by atoms with Crippen molar-refractivity contribution in [2.24, 2.45) is 5.92 Å². The minimum absolute atomic E-state index is 0.108. The number of para-hydroxylation sites is 1. The summed E-state index contributed by atoms with van der Waals surface area (Å²) in [7, 11) is 1.36. The fourth-order valence-corrected chi connectivity index (χ4v) is 5.37. The number of amides is 1. The lowest BCUT2D eigenvalue weighted by atomic mass is 9.78. The average Bonchev–Trinajstić information content (AvgIpc) is 3.36. The number of hydroxylamine groups is 1. The van der Waals surface area contributed by atoms with Gasteiger partial charge in [-0.25, -0.2) is 4.79 Å². The van der Waals surface area contributed by atoms with E-state index in [1.807, 2.05) is 76.2 Å². The number of hydrogen-bond acceptors (Lipinski definition) is 8. The summed E-state index contributed by atoms with van der Waals surface area (Å²) in [5.41, 5.74) is 6.41. The van der Waals surface area contributed by atoms with Gasteiger partial charge >= 0.3 is 12.1 Å². The molecule has 0 bridgehead atoms. The van der Waals surface area contributed by atoms with Crippen molar-refractivity contribution in [3.8, 4) is 5.75 Å². The van der Waals surface area contributed by atoms with Crippen molar-refractivity contribution in [3.63, 3.8) is 0 Å². The van der Waals surface area contributed by atoms with Crippen LogP contribution >= 0.6 is 0 Å². The van der Waals surface area contributed by atoms with E-state index in [9.17, 15) is 9.59 Å². The second-order valence-corrected chi connectivity index (χ2v) is 11.6. The Morgan fingerprint density at radius 1 is 1.15 bits per heavy atom. The van der Waals surface area contributed by atoms with Gasteiger partial charge in [-0.1, -0.05) is 18.2 Å². The lowest BCUT2D eigenvalue weighted by Crippen LogP contribution is -2.54. The predicted octanol–water partition coefficient (Wildman–Crippen LogP) is 5.56. The molecule has 2 aromatic carbocycles. The summed E-state index contributed by atoms with van der Waals surface area (Å²) in [5.74, 6) is 0.0720. The van der Waals surface area contributed by atoms with Gasteiger partial charge < -0.3 is 19.1 Å². The summed E-state index contributed by atoms with van der Waals surface area (Å²) in [6.07, 6.45) is 2.24. The maximum Gasteiger partial charge on any atom is 0.410 e. The summed E-state index contributed by atoms with van der Waals surface area (Å²) >= 11 is 0. The summed E-state index contributed by atoms with van der Waals surface area (Å²) < 4.78 is 16.6. The molecule has 3 heterocycles. The molecule has 9 heteroatoms. The molecule has 2 aliphatic rings. The van der Waals surface area contributed by atoms with E-state index >= 15 is 0 Å². The topological polar surface area (TPSA) is 99.2 Å². The zero-order valence-electron chi connectivity index (χ0n) is 24.2. The highest BCUT2D eigenvalue weighted by atomic mass is 16.7. The Morgan fingerprint density at radius 2 is 1.90 bits per heavy atom. The highest BCUT2D eigenvalue weighted by Gasteiger charge is 2.49. The molecular formula is C32H37N3O6. The number of ether oxygens (including phenoxy) is 3. The van der Waals surface area contributed by atoms with Crippen molar-refractivity contribution in [2.45, 2.75) is 58.3 Å². The molecule has 1 aromatic heterocycles. The van der Waals surface area contributed by atoms with Crippen molar-refractivity contribution in [1.82, 2.24) is 15.4 Å². The smallest absolute Gasteiger partial charge is 0.410 e. The number of benzene rings is 2. The Morgan fingerprint density at radius 3 is 2.63 bits per heavy atom. The third kappa shape index (κ3) is 6.46. The number of carbonyl (C=O) groups excluding carboxylic acids is 2. The lowest BCUT2D eigenvalue weighted by Gasteiger charge is -2.43. The molecule has 9 nitrogen and oxygen atoms in total. The number of piperidine rings is 1. The van der Waals surface area contributed by atoms with Crippen LogP contribution in [0.4, 0.5) is 4.79 Å². The zero-order valence-corrected chi connectivity index (χ0v) is 24.2. The van der Waals surface area contributed by atoms with Crippen LogP contribution in [0.1, 0.15) is 50.4 Å². The van der Waals surface area contributed by atoms with Gasteiger partial charge in [-0.15, -0.1) is 0 Å². The van der Waals surface area contributed by atoms with E-state index in [4.69, 9.17) is 19.0 Å². The van der Waals surface area contributed by atoms with Gasteiger partial charge in [-0.05, 0) is 75.7 Å². The number of nitrogens with zero attached hydrogens (tertiary/aromatic N) is 2. The predicted molar refractivity (Wildman–Crippen MR) is 155 cm³/mol. The first kappa shape index (κ1) is 28.4. The van der Waals surface area contributed by atoms with E-state index in [1.54, 1.807) is 4.90 Å². The SMILES string of the molecule is COC(=O)CC1CN(C(=O)OC(C)(C)C)CCC12C=C(c1ccc(OCc3cc(C)nc4ccccc34)cc1)NO2. The average molecular weight is 560 g/mol. The quantitative estimate of drug-likeness (QED) is 0.392. The number of fused-ring (bicyclic) bond motifs is 1. The van der Waals surface area contributed by atoms with Crippen molar-refractivity contribution in [2.75, 3.05) is 20.2 Å². The molecule has 2 atom stereocenters. The first-order valence-electron chi connectivity index (χ1n) is 13.9. The molecule has 0 saturated carbocycles. The van der Waals surface area contributed by atoms with Crippen LogP contribution in [0.25, 0.3) is 16.6 Å². The first-order chi connectivity index (χ1) is 19.5. The fourth-order valence-electron chi connectivity index (χ4n) is 5.37. The van der Waals surface area contributed by atoms with Gasteiger partial charge in [0.25, 0.3) is 0 Å². The Kier molecular flexibility index (Phi) is 7.91.